The topological polar surface area (TPSA) is 76.2 Å². The molecule has 3 saturated heterocycles. The number of nitrogens with zero attached hydrogens (tertiary/aromatic N) is 2. The van der Waals surface area contributed by atoms with Crippen molar-refractivity contribution in [2.24, 2.45) is 17.8 Å². The summed E-state index contributed by atoms with van der Waals surface area (Å²) in [5.74, 6) is 0.0177. The van der Waals surface area contributed by atoms with Crippen molar-refractivity contribution in [3.63, 3.8) is 0 Å². The molecule has 0 spiro atoms. The van der Waals surface area contributed by atoms with E-state index in [1.165, 1.54) is 4.90 Å². The highest BCUT2D eigenvalue weighted by molar-refractivity contribution is 6.05. The fourth-order valence-corrected chi connectivity index (χ4v) is 4.89. The monoisotopic (exact) mass is 364 g/mol. The van der Waals surface area contributed by atoms with E-state index in [1.54, 1.807) is 0 Å². The lowest BCUT2D eigenvalue weighted by Crippen LogP contribution is -2.43. The highest BCUT2D eigenvalue weighted by atomic mass is 16.7. The predicted molar refractivity (Wildman–Crippen MR) is 91.8 cm³/mol. The van der Waals surface area contributed by atoms with Crippen LogP contribution in [0.25, 0.3) is 0 Å². The molecule has 0 N–H and O–H groups in total. The van der Waals surface area contributed by atoms with Gasteiger partial charge in [0.05, 0.1) is 25.0 Å². The number of rotatable bonds is 4. The molecule has 0 aromatic rings. The van der Waals surface area contributed by atoms with Crippen LogP contribution in [-0.2, 0) is 23.9 Å². The third-order valence-electron chi connectivity index (χ3n) is 6.41. The molecule has 2 unspecified atom stereocenters. The van der Waals surface area contributed by atoms with Crippen LogP contribution >= 0.6 is 0 Å². The number of amides is 3. The molecule has 0 bridgehead atoms. The van der Waals surface area contributed by atoms with E-state index in [0.29, 0.717) is 32.2 Å². The number of likely N-dealkylation sites (tertiary alicyclic amines) is 2. The number of carbonyl (C=O) groups excluding carboxylic acids is 3. The van der Waals surface area contributed by atoms with Gasteiger partial charge >= 0.3 is 0 Å². The van der Waals surface area contributed by atoms with Crippen LogP contribution in [0.4, 0.5) is 0 Å². The van der Waals surface area contributed by atoms with Crippen LogP contribution in [0.15, 0.2) is 0 Å². The molecule has 0 aromatic heterocycles. The Labute approximate surface area is 154 Å². The summed E-state index contributed by atoms with van der Waals surface area (Å²) >= 11 is 0. The maximum atomic E-state index is 12.5. The van der Waals surface area contributed by atoms with Crippen molar-refractivity contribution in [1.82, 2.24) is 9.80 Å². The number of hydrogen-bond donors (Lipinski definition) is 0. The maximum absolute atomic E-state index is 12.5. The molecule has 1 aliphatic carbocycles. The number of piperidine rings is 1. The summed E-state index contributed by atoms with van der Waals surface area (Å²) in [7, 11) is 0. The molecular weight excluding hydrogens is 336 g/mol. The summed E-state index contributed by atoms with van der Waals surface area (Å²) in [6.45, 7) is 2.94. The Morgan fingerprint density at radius 1 is 0.923 bits per heavy atom. The number of hydrogen-bond acceptors (Lipinski definition) is 5. The average Bonchev–Trinajstić information content (AvgIpc) is 3.29. The highest BCUT2D eigenvalue weighted by Gasteiger charge is 2.48. The minimum Gasteiger partial charge on any atom is -0.350 e. The fraction of sp³-hybridized carbons (Fsp3) is 0.842. The quantitative estimate of drug-likeness (QED) is 0.700. The van der Waals surface area contributed by atoms with Gasteiger partial charge in [-0.2, -0.15) is 0 Å². The summed E-state index contributed by atoms with van der Waals surface area (Å²) in [5.41, 5.74) is 0. The molecule has 1 saturated carbocycles. The Bertz CT molecular complexity index is 542. The SMILES string of the molecule is O=C(CCN1C(=O)C2CCCCC2C1=O)N1CCC(C2OCCO2)CC1. The van der Waals surface area contributed by atoms with Crippen molar-refractivity contribution in [3.8, 4) is 0 Å². The zero-order valence-electron chi connectivity index (χ0n) is 15.2. The summed E-state index contributed by atoms with van der Waals surface area (Å²) in [6.07, 6.45) is 5.56. The standard InChI is InChI=1S/C19H28N2O5/c22-16(20-8-5-13(6-9-20)19-25-11-12-26-19)7-10-21-17(23)14-3-1-2-4-15(14)18(21)24/h13-15,19H,1-12H2. The van der Waals surface area contributed by atoms with Crippen LogP contribution in [0.1, 0.15) is 44.9 Å². The van der Waals surface area contributed by atoms with Crippen molar-refractivity contribution < 1.29 is 23.9 Å². The third-order valence-corrected chi connectivity index (χ3v) is 6.41. The normalized spacial score (nSPS) is 30.9. The van der Waals surface area contributed by atoms with Gasteiger partial charge in [-0.3, -0.25) is 19.3 Å². The van der Waals surface area contributed by atoms with Gasteiger partial charge in [-0.05, 0) is 25.7 Å². The van der Waals surface area contributed by atoms with E-state index in [0.717, 1.165) is 38.5 Å². The Kier molecular flexibility index (Phi) is 5.27. The molecule has 0 radical (unpaired) electrons. The molecule has 4 rings (SSSR count). The zero-order chi connectivity index (χ0) is 18.1. The van der Waals surface area contributed by atoms with Gasteiger partial charge in [0.2, 0.25) is 17.7 Å². The lowest BCUT2D eigenvalue weighted by atomic mass is 9.81. The van der Waals surface area contributed by atoms with E-state index in [4.69, 9.17) is 9.47 Å². The summed E-state index contributed by atoms with van der Waals surface area (Å²) < 4.78 is 11.1. The molecule has 144 valence electrons. The summed E-state index contributed by atoms with van der Waals surface area (Å²) in [4.78, 5) is 40.7. The van der Waals surface area contributed by atoms with Crippen LogP contribution in [0, 0.1) is 17.8 Å². The number of imide groups is 1. The lowest BCUT2D eigenvalue weighted by Gasteiger charge is -2.34. The smallest absolute Gasteiger partial charge is 0.233 e. The zero-order valence-corrected chi connectivity index (χ0v) is 15.2. The second-order valence-corrected chi connectivity index (χ2v) is 7.90. The first kappa shape index (κ1) is 17.9. The van der Waals surface area contributed by atoms with Gasteiger partial charge in [0.1, 0.15) is 0 Å². The molecule has 0 aromatic carbocycles. The van der Waals surface area contributed by atoms with Crippen LogP contribution in [0.3, 0.4) is 0 Å². The van der Waals surface area contributed by atoms with E-state index < -0.39 is 0 Å². The molecule has 3 heterocycles. The van der Waals surface area contributed by atoms with Gasteiger partial charge in [0.25, 0.3) is 0 Å². The van der Waals surface area contributed by atoms with Crippen molar-refractivity contribution in [1.29, 1.82) is 0 Å². The molecule has 2 atom stereocenters. The first-order valence-electron chi connectivity index (χ1n) is 10.0. The van der Waals surface area contributed by atoms with E-state index >= 15 is 0 Å². The minimum absolute atomic E-state index is 0.0344. The first-order chi connectivity index (χ1) is 12.6. The van der Waals surface area contributed by atoms with Crippen molar-refractivity contribution in [3.05, 3.63) is 0 Å². The Hall–Kier alpha value is -1.47. The summed E-state index contributed by atoms with van der Waals surface area (Å²) in [5, 5.41) is 0. The molecule has 26 heavy (non-hydrogen) atoms. The average molecular weight is 364 g/mol. The van der Waals surface area contributed by atoms with Crippen molar-refractivity contribution in [2.75, 3.05) is 32.8 Å². The predicted octanol–water partition coefficient (Wildman–Crippen LogP) is 1.16. The van der Waals surface area contributed by atoms with E-state index in [9.17, 15) is 14.4 Å². The minimum atomic E-state index is -0.131. The Balaban J connectivity index is 1.25. The highest BCUT2D eigenvalue weighted by Crippen LogP contribution is 2.38. The van der Waals surface area contributed by atoms with Crippen LogP contribution in [0.5, 0.6) is 0 Å². The van der Waals surface area contributed by atoms with E-state index in [-0.39, 0.29) is 48.8 Å². The van der Waals surface area contributed by atoms with Crippen molar-refractivity contribution >= 4 is 17.7 Å². The van der Waals surface area contributed by atoms with Gasteiger partial charge in [-0.15, -0.1) is 0 Å². The van der Waals surface area contributed by atoms with Gasteiger partial charge < -0.3 is 14.4 Å². The fourth-order valence-electron chi connectivity index (χ4n) is 4.89. The molecule has 4 fully saturated rings. The molecule has 3 amide bonds. The maximum Gasteiger partial charge on any atom is 0.233 e. The van der Waals surface area contributed by atoms with Crippen molar-refractivity contribution in [2.45, 2.75) is 51.2 Å². The second kappa shape index (κ2) is 7.64. The molecule has 7 nitrogen and oxygen atoms in total. The summed E-state index contributed by atoms with van der Waals surface area (Å²) in [6, 6.07) is 0. The van der Waals surface area contributed by atoms with Gasteiger partial charge in [-0.25, -0.2) is 0 Å². The van der Waals surface area contributed by atoms with Crippen LogP contribution in [0.2, 0.25) is 0 Å². The first-order valence-corrected chi connectivity index (χ1v) is 10.0. The second-order valence-electron chi connectivity index (χ2n) is 7.90. The van der Waals surface area contributed by atoms with Gasteiger partial charge in [0, 0.05) is 32.0 Å². The molecule has 7 heteroatoms. The number of ether oxygens (including phenoxy) is 2. The third kappa shape index (κ3) is 3.39. The molecule has 3 aliphatic heterocycles. The van der Waals surface area contributed by atoms with Crippen LogP contribution in [-0.4, -0.2) is 66.7 Å². The lowest BCUT2D eigenvalue weighted by molar-refractivity contribution is -0.142. The Morgan fingerprint density at radius 2 is 1.50 bits per heavy atom. The molecular formula is C19H28N2O5. The van der Waals surface area contributed by atoms with Crippen LogP contribution < -0.4 is 0 Å². The molecule has 4 aliphatic rings. The number of fused-ring (bicyclic) bond motifs is 1. The van der Waals surface area contributed by atoms with Gasteiger partial charge in [0.15, 0.2) is 6.29 Å². The largest absolute Gasteiger partial charge is 0.350 e. The number of carbonyl (C=O) groups is 3. The van der Waals surface area contributed by atoms with Gasteiger partial charge in [-0.1, -0.05) is 12.8 Å². The van der Waals surface area contributed by atoms with E-state index in [2.05, 4.69) is 0 Å². The van der Waals surface area contributed by atoms with E-state index in [1.807, 2.05) is 4.90 Å². The Morgan fingerprint density at radius 3 is 2.08 bits per heavy atom.